The number of carbonyl (C=O) groups excluding carboxylic acids is 1. The van der Waals surface area contributed by atoms with Crippen LogP contribution in [0.5, 0.6) is 0 Å². The Hall–Kier alpha value is -1.88. The molecule has 1 amide bonds. The number of aryl methyl sites for hydroxylation is 1. The van der Waals surface area contributed by atoms with Gasteiger partial charge < -0.3 is 9.64 Å². The lowest BCUT2D eigenvalue weighted by Gasteiger charge is -2.36. The first-order valence-corrected chi connectivity index (χ1v) is 7.56. The van der Waals surface area contributed by atoms with Gasteiger partial charge in [-0.2, -0.15) is 5.10 Å². The van der Waals surface area contributed by atoms with E-state index >= 15 is 0 Å². The van der Waals surface area contributed by atoms with Gasteiger partial charge in [-0.05, 0) is 43.4 Å². The Morgan fingerprint density at radius 2 is 2.29 bits per heavy atom. The van der Waals surface area contributed by atoms with E-state index in [0.717, 1.165) is 22.0 Å². The highest BCUT2D eigenvalue weighted by Gasteiger charge is 2.39. The number of amides is 1. The van der Waals surface area contributed by atoms with Gasteiger partial charge in [0.2, 0.25) is 0 Å². The van der Waals surface area contributed by atoms with E-state index in [1.165, 1.54) is 12.8 Å². The van der Waals surface area contributed by atoms with Crippen molar-refractivity contribution in [3.05, 3.63) is 29.5 Å². The van der Waals surface area contributed by atoms with Crippen LogP contribution in [-0.4, -0.2) is 46.8 Å². The zero-order chi connectivity index (χ0) is 14.4. The number of morpholine rings is 1. The largest absolute Gasteiger partial charge is 0.377 e. The van der Waals surface area contributed by atoms with Gasteiger partial charge in [0.25, 0.3) is 5.91 Å². The molecule has 1 aromatic heterocycles. The molecule has 0 radical (unpaired) electrons. The average Bonchev–Trinajstić information content (AvgIpc) is 3.24. The summed E-state index contributed by atoms with van der Waals surface area (Å²) in [4.78, 5) is 15.0. The molecule has 21 heavy (non-hydrogen) atoms. The molecular formula is C16H19N3O2. The third-order valence-electron chi connectivity index (χ3n) is 4.52. The maximum Gasteiger partial charge on any atom is 0.256 e. The number of fused-ring (bicyclic) bond motifs is 1. The minimum atomic E-state index is 0.105. The van der Waals surface area contributed by atoms with Crippen LogP contribution in [0.25, 0.3) is 10.9 Å². The summed E-state index contributed by atoms with van der Waals surface area (Å²) in [5.74, 6) is 0.726. The van der Waals surface area contributed by atoms with Crippen molar-refractivity contribution >= 4 is 16.8 Å². The molecule has 2 aliphatic rings. The van der Waals surface area contributed by atoms with E-state index in [0.29, 0.717) is 25.7 Å². The number of nitrogens with one attached hydrogen (secondary N) is 1. The fourth-order valence-electron chi connectivity index (χ4n) is 3.28. The second-order valence-corrected chi connectivity index (χ2v) is 6.12. The number of ether oxygens (including phenoxy) is 1. The first-order chi connectivity index (χ1) is 10.2. The molecule has 1 unspecified atom stereocenters. The summed E-state index contributed by atoms with van der Waals surface area (Å²) in [6, 6.07) is 4.25. The van der Waals surface area contributed by atoms with Gasteiger partial charge >= 0.3 is 0 Å². The minimum absolute atomic E-state index is 0.105. The SMILES string of the molecule is Cc1cc(C(=O)N2CCOCC2C2CC2)c2[nH]ncc2c1. The summed E-state index contributed by atoms with van der Waals surface area (Å²) in [5, 5.41) is 8.04. The average molecular weight is 285 g/mol. The van der Waals surface area contributed by atoms with Gasteiger partial charge in [0.05, 0.1) is 36.5 Å². The van der Waals surface area contributed by atoms with Crippen molar-refractivity contribution in [3.63, 3.8) is 0 Å². The molecule has 1 atom stereocenters. The Labute approximate surface area is 123 Å². The Balaban J connectivity index is 1.73. The van der Waals surface area contributed by atoms with Crippen molar-refractivity contribution in [3.8, 4) is 0 Å². The van der Waals surface area contributed by atoms with E-state index in [1.807, 2.05) is 24.0 Å². The van der Waals surface area contributed by atoms with Crippen molar-refractivity contribution in [1.82, 2.24) is 15.1 Å². The Kier molecular flexibility index (Phi) is 2.96. The maximum absolute atomic E-state index is 13.0. The summed E-state index contributed by atoms with van der Waals surface area (Å²) < 4.78 is 5.58. The van der Waals surface area contributed by atoms with E-state index in [2.05, 4.69) is 10.2 Å². The molecule has 1 saturated carbocycles. The fraction of sp³-hybridized carbons (Fsp3) is 0.500. The summed E-state index contributed by atoms with van der Waals surface area (Å²) >= 11 is 0. The van der Waals surface area contributed by atoms with Crippen LogP contribution in [0.3, 0.4) is 0 Å². The van der Waals surface area contributed by atoms with Crippen molar-refractivity contribution in [1.29, 1.82) is 0 Å². The lowest BCUT2D eigenvalue weighted by Crippen LogP contribution is -2.49. The number of benzene rings is 1. The minimum Gasteiger partial charge on any atom is -0.377 e. The Bertz CT molecular complexity index is 690. The molecule has 1 aromatic carbocycles. The molecule has 0 spiro atoms. The molecule has 5 nitrogen and oxygen atoms in total. The molecule has 110 valence electrons. The van der Waals surface area contributed by atoms with E-state index in [4.69, 9.17) is 4.74 Å². The standard InChI is InChI=1S/C16H19N3O2/c1-10-6-12-8-17-18-15(12)13(7-10)16(20)19-4-5-21-9-14(19)11-2-3-11/h6-8,11,14H,2-5,9H2,1H3,(H,17,18). The molecule has 4 rings (SSSR count). The Morgan fingerprint density at radius 3 is 3.10 bits per heavy atom. The van der Waals surface area contributed by atoms with E-state index in [-0.39, 0.29) is 11.9 Å². The van der Waals surface area contributed by atoms with Crippen LogP contribution >= 0.6 is 0 Å². The van der Waals surface area contributed by atoms with Crippen LogP contribution in [0.2, 0.25) is 0 Å². The monoisotopic (exact) mass is 285 g/mol. The predicted molar refractivity (Wildman–Crippen MR) is 79.2 cm³/mol. The van der Waals surface area contributed by atoms with Crippen molar-refractivity contribution in [2.24, 2.45) is 5.92 Å². The zero-order valence-electron chi connectivity index (χ0n) is 12.1. The van der Waals surface area contributed by atoms with Gasteiger partial charge in [0, 0.05) is 11.9 Å². The van der Waals surface area contributed by atoms with Crippen molar-refractivity contribution in [2.75, 3.05) is 19.8 Å². The normalized spacial score (nSPS) is 22.7. The summed E-state index contributed by atoms with van der Waals surface area (Å²) in [7, 11) is 0. The zero-order valence-corrected chi connectivity index (χ0v) is 12.1. The van der Waals surface area contributed by atoms with Crippen LogP contribution in [-0.2, 0) is 4.74 Å². The molecule has 2 aromatic rings. The molecule has 2 heterocycles. The number of aromatic nitrogens is 2. The molecule has 2 fully saturated rings. The molecule has 1 saturated heterocycles. The van der Waals surface area contributed by atoms with Crippen molar-refractivity contribution in [2.45, 2.75) is 25.8 Å². The van der Waals surface area contributed by atoms with Gasteiger partial charge in [-0.25, -0.2) is 0 Å². The fourth-order valence-corrected chi connectivity index (χ4v) is 3.28. The summed E-state index contributed by atoms with van der Waals surface area (Å²) in [5.41, 5.74) is 2.66. The second kappa shape index (κ2) is 4.84. The first kappa shape index (κ1) is 12.8. The molecule has 5 heteroatoms. The number of hydrogen-bond donors (Lipinski definition) is 1. The molecule has 0 bridgehead atoms. The highest BCUT2D eigenvalue weighted by Crippen LogP contribution is 2.37. The predicted octanol–water partition coefficient (Wildman–Crippen LogP) is 2.12. The molecule has 1 aliphatic heterocycles. The van der Waals surface area contributed by atoms with Crippen LogP contribution in [0.15, 0.2) is 18.3 Å². The number of aromatic amines is 1. The number of nitrogens with zero attached hydrogens (tertiary/aromatic N) is 2. The van der Waals surface area contributed by atoms with Crippen LogP contribution in [0.1, 0.15) is 28.8 Å². The third-order valence-corrected chi connectivity index (χ3v) is 4.52. The van der Waals surface area contributed by atoms with Crippen LogP contribution in [0, 0.1) is 12.8 Å². The van der Waals surface area contributed by atoms with E-state index in [1.54, 1.807) is 6.20 Å². The second-order valence-electron chi connectivity index (χ2n) is 6.12. The number of H-pyrrole nitrogens is 1. The lowest BCUT2D eigenvalue weighted by molar-refractivity contribution is -0.00825. The van der Waals surface area contributed by atoms with Gasteiger partial charge in [-0.1, -0.05) is 0 Å². The van der Waals surface area contributed by atoms with E-state index < -0.39 is 0 Å². The van der Waals surface area contributed by atoms with Crippen LogP contribution in [0.4, 0.5) is 0 Å². The number of hydrogen-bond acceptors (Lipinski definition) is 3. The number of carbonyl (C=O) groups is 1. The number of rotatable bonds is 2. The molecule has 1 N–H and O–H groups in total. The topological polar surface area (TPSA) is 58.2 Å². The van der Waals surface area contributed by atoms with Gasteiger partial charge in [0.1, 0.15) is 0 Å². The van der Waals surface area contributed by atoms with Gasteiger partial charge in [-0.15, -0.1) is 0 Å². The quantitative estimate of drug-likeness (QED) is 0.919. The maximum atomic E-state index is 13.0. The first-order valence-electron chi connectivity index (χ1n) is 7.56. The van der Waals surface area contributed by atoms with E-state index in [9.17, 15) is 4.79 Å². The summed E-state index contributed by atoms with van der Waals surface area (Å²) in [6.45, 7) is 4.01. The van der Waals surface area contributed by atoms with Gasteiger partial charge in [0.15, 0.2) is 0 Å². The van der Waals surface area contributed by atoms with Gasteiger partial charge in [-0.3, -0.25) is 9.89 Å². The van der Waals surface area contributed by atoms with Crippen molar-refractivity contribution < 1.29 is 9.53 Å². The smallest absolute Gasteiger partial charge is 0.256 e. The highest BCUT2D eigenvalue weighted by atomic mass is 16.5. The Morgan fingerprint density at radius 1 is 1.43 bits per heavy atom. The highest BCUT2D eigenvalue weighted by molar-refractivity contribution is 6.05. The van der Waals surface area contributed by atoms with Crippen LogP contribution < -0.4 is 0 Å². The lowest BCUT2D eigenvalue weighted by atomic mass is 10.0. The third kappa shape index (κ3) is 2.21. The molecular weight excluding hydrogens is 266 g/mol. The summed E-state index contributed by atoms with van der Waals surface area (Å²) in [6.07, 6.45) is 4.20. The molecule has 1 aliphatic carbocycles.